The van der Waals surface area contributed by atoms with Gasteiger partial charge in [-0.15, -0.1) is 5.10 Å². The fraction of sp³-hybridized carbons (Fsp3) is 0.263. The van der Waals surface area contributed by atoms with Crippen LogP contribution in [0.2, 0.25) is 0 Å². The molecule has 0 saturated carbocycles. The first kappa shape index (κ1) is 17.2. The zero-order chi connectivity index (χ0) is 17.9. The highest BCUT2D eigenvalue weighted by molar-refractivity contribution is 7.73. The van der Waals surface area contributed by atoms with Crippen LogP contribution in [0.15, 0.2) is 48.5 Å². The number of nitrogens with zero attached hydrogens (tertiary/aromatic N) is 2. The predicted octanol–water partition coefficient (Wildman–Crippen LogP) is 3.02. The van der Waals surface area contributed by atoms with Crippen molar-refractivity contribution in [3.63, 3.8) is 0 Å². The van der Waals surface area contributed by atoms with Gasteiger partial charge in [0.05, 0.1) is 13.7 Å². The molecule has 7 heteroatoms. The summed E-state index contributed by atoms with van der Waals surface area (Å²) >= 11 is 7.02. The Morgan fingerprint density at radius 3 is 2.73 bits per heavy atom. The number of hydrogen-bond donors (Lipinski definition) is 2. The molecule has 3 aromatic rings. The van der Waals surface area contributed by atoms with Gasteiger partial charge in [-0.05, 0) is 42.0 Å². The van der Waals surface area contributed by atoms with Crippen LogP contribution in [0, 0.1) is 3.95 Å². The third-order valence-electron chi connectivity index (χ3n) is 4.63. The van der Waals surface area contributed by atoms with Gasteiger partial charge >= 0.3 is 0 Å². The first-order chi connectivity index (χ1) is 12.7. The summed E-state index contributed by atoms with van der Waals surface area (Å²) in [6.07, 6.45) is 1.11. The van der Waals surface area contributed by atoms with E-state index in [0.717, 1.165) is 46.7 Å². The fourth-order valence-electron chi connectivity index (χ4n) is 3.24. The lowest BCUT2D eigenvalue weighted by Crippen LogP contribution is -3.11. The van der Waals surface area contributed by atoms with Crippen molar-refractivity contribution in [1.82, 2.24) is 9.78 Å². The van der Waals surface area contributed by atoms with Gasteiger partial charge in [0.15, 0.2) is 10.6 Å². The third kappa shape index (κ3) is 3.80. The highest BCUT2D eigenvalue weighted by Crippen LogP contribution is 2.22. The van der Waals surface area contributed by atoms with E-state index in [9.17, 15) is 0 Å². The van der Waals surface area contributed by atoms with Crippen LogP contribution in [0.5, 0.6) is 5.75 Å². The van der Waals surface area contributed by atoms with Crippen LogP contribution in [0.3, 0.4) is 0 Å². The van der Waals surface area contributed by atoms with Crippen molar-refractivity contribution in [2.75, 3.05) is 19.0 Å². The van der Waals surface area contributed by atoms with E-state index in [1.54, 1.807) is 7.11 Å². The Morgan fingerprint density at radius 1 is 1.19 bits per heavy atom. The van der Waals surface area contributed by atoms with Crippen molar-refractivity contribution in [2.24, 2.45) is 0 Å². The van der Waals surface area contributed by atoms with E-state index in [-0.39, 0.29) is 0 Å². The molecule has 26 heavy (non-hydrogen) atoms. The molecule has 0 saturated heterocycles. The minimum Gasteiger partial charge on any atom is -0.497 e. The summed E-state index contributed by atoms with van der Waals surface area (Å²) in [5, 5.41) is 8.81. The molecule has 1 aromatic heterocycles. The zero-order valence-corrected chi connectivity index (χ0v) is 16.2. The van der Waals surface area contributed by atoms with Crippen LogP contribution in [-0.4, -0.2) is 23.4 Å². The molecule has 2 heterocycles. The van der Waals surface area contributed by atoms with Gasteiger partial charge in [-0.25, -0.2) is 0 Å². The number of benzene rings is 2. The number of nitrogens with one attached hydrogen (secondary N) is 2. The quantitative estimate of drug-likeness (QED) is 0.663. The van der Waals surface area contributed by atoms with Gasteiger partial charge in [0, 0.05) is 17.7 Å². The minimum atomic E-state index is 0.798. The third-order valence-corrected chi connectivity index (χ3v) is 5.85. The monoisotopic (exact) mass is 385 g/mol. The molecule has 1 atom stereocenters. The summed E-state index contributed by atoms with van der Waals surface area (Å²) in [4.78, 5) is 1.49. The number of methoxy groups -OCH3 is 1. The molecule has 1 unspecified atom stereocenters. The molecule has 134 valence electrons. The Bertz CT molecular complexity index is 949. The second-order valence-electron chi connectivity index (χ2n) is 6.38. The molecular formula is C19H21N4OS2+. The molecule has 0 bridgehead atoms. The number of hydrogen-bond acceptors (Lipinski definition) is 5. The highest BCUT2D eigenvalue weighted by atomic mass is 32.1. The molecule has 5 nitrogen and oxygen atoms in total. The minimum absolute atomic E-state index is 0.798. The summed E-state index contributed by atoms with van der Waals surface area (Å²) < 4.78 is 7.93. The number of ether oxygens (including phenoxy) is 1. The Balaban J connectivity index is 1.44. The van der Waals surface area contributed by atoms with Crippen molar-refractivity contribution in [2.45, 2.75) is 19.6 Å². The van der Waals surface area contributed by atoms with E-state index in [4.69, 9.17) is 17.0 Å². The maximum atomic E-state index is 5.52. The number of quaternary nitrogens is 1. The second kappa shape index (κ2) is 7.57. The zero-order valence-electron chi connectivity index (χ0n) is 14.6. The van der Waals surface area contributed by atoms with Gasteiger partial charge in [0.2, 0.25) is 5.13 Å². The molecule has 2 aromatic carbocycles. The van der Waals surface area contributed by atoms with Gasteiger partial charge in [0.1, 0.15) is 12.3 Å². The Morgan fingerprint density at radius 2 is 1.96 bits per heavy atom. The van der Waals surface area contributed by atoms with Crippen LogP contribution in [0.1, 0.15) is 11.1 Å². The summed E-state index contributed by atoms with van der Waals surface area (Å²) in [5.74, 6) is 0.836. The normalized spacial score (nSPS) is 16.1. The van der Waals surface area contributed by atoms with Crippen LogP contribution in [0.25, 0.3) is 0 Å². The first-order valence-corrected chi connectivity index (χ1v) is 9.83. The molecule has 0 aliphatic carbocycles. The molecule has 2 N–H and O–H groups in total. The summed E-state index contributed by atoms with van der Waals surface area (Å²) in [5.41, 5.74) is 3.88. The van der Waals surface area contributed by atoms with Gasteiger partial charge in [-0.1, -0.05) is 35.6 Å². The van der Waals surface area contributed by atoms with Crippen LogP contribution in [-0.2, 0) is 19.6 Å². The fourth-order valence-corrected chi connectivity index (χ4v) is 4.27. The van der Waals surface area contributed by atoms with Crippen molar-refractivity contribution in [1.29, 1.82) is 0 Å². The lowest BCUT2D eigenvalue weighted by atomic mass is 10.0. The predicted molar refractivity (Wildman–Crippen MR) is 107 cm³/mol. The van der Waals surface area contributed by atoms with Crippen molar-refractivity contribution in [3.8, 4) is 5.75 Å². The second-order valence-corrected chi connectivity index (χ2v) is 8.00. The Labute approximate surface area is 161 Å². The smallest absolute Gasteiger partial charge is 0.209 e. The van der Waals surface area contributed by atoms with Gasteiger partial charge in [-0.2, -0.15) is 4.68 Å². The molecule has 0 fully saturated rings. The number of fused-ring (bicyclic) bond motifs is 1. The first-order valence-electron chi connectivity index (χ1n) is 8.60. The molecule has 4 rings (SSSR count). The highest BCUT2D eigenvalue weighted by Gasteiger charge is 2.20. The van der Waals surface area contributed by atoms with E-state index in [0.29, 0.717) is 0 Å². The maximum absolute atomic E-state index is 5.52. The van der Waals surface area contributed by atoms with E-state index in [1.807, 2.05) is 28.9 Å². The van der Waals surface area contributed by atoms with Gasteiger partial charge in [-0.3, -0.25) is 0 Å². The van der Waals surface area contributed by atoms with E-state index >= 15 is 0 Å². The summed E-state index contributed by atoms with van der Waals surface area (Å²) in [7, 11) is 1.66. The Hall–Kier alpha value is -2.22. The average molecular weight is 386 g/mol. The maximum Gasteiger partial charge on any atom is 0.209 e. The van der Waals surface area contributed by atoms with Crippen LogP contribution in [0.4, 0.5) is 10.8 Å². The topological polar surface area (TPSA) is 43.5 Å². The SMILES string of the molecule is COc1ccc(Nc2nn(C[NH+]3CCc4ccccc4C3)c(=S)s2)cc1. The van der Waals surface area contributed by atoms with Gasteiger partial charge in [0.25, 0.3) is 0 Å². The van der Waals surface area contributed by atoms with E-state index in [1.165, 1.54) is 27.4 Å². The number of aromatic nitrogens is 2. The van der Waals surface area contributed by atoms with Crippen molar-refractivity contribution >= 4 is 34.4 Å². The molecule has 1 aliphatic rings. The molecule has 1 aliphatic heterocycles. The lowest BCUT2D eigenvalue weighted by molar-refractivity contribution is -0.938. The molecule has 0 spiro atoms. The lowest BCUT2D eigenvalue weighted by Gasteiger charge is -2.25. The van der Waals surface area contributed by atoms with Gasteiger partial charge < -0.3 is 15.0 Å². The molecule has 0 radical (unpaired) electrons. The standard InChI is InChI=1S/C19H20N4OS2/c1-24-17-8-6-16(7-9-17)20-18-21-23(19(25)26-18)13-22-11-10-14-4-2-3-5-15(14)12-22/h2-9H,10-13H2,1H3,(H,20,21)/p+1. The van der Waals surface area contributed by atoms with E-state index in [2.05, 4.69) is 34.7 Å². The number of rotatable bonds is 5. The molecule has 0 amide bonds. The van der Waals surface area contributed by atoms with E-state index < -0.39 is 0 Å². The van der Waals surface area contributed by atoms with Crippen molar-refractivity contribution in [3.05, 3.63) is 63.6 Å². The number of anilines is 2. The largest absolute Gasteiger partial charge is 0.497 e. The molecular weight excluding hydrogens is 364 g/mol. The summed E-state index contributed by atoms with van der Waals surface area (Å²) in [6, 6.07) is 16.5. The Kier molecular flexibility index (Phi) is 5.01. The average Bonchev–Trinajstić information content (AvgIpc) is 3.01. The summed E-state index contributed by atoms with van der Waals surface area (Å²) in [6.45, 7) is 2.93. The van der Waals surface area contributed by atoms with Crippen molar-refractivity contribution < 1.29 is 9.64 Å². The van der Waals surface area contributed by atoms with Crippen LogP contribution < -0.4 is 15.0 Å². The van der Waals surface area contributed by atoms with Crippen LogP contribution >= 0.6 is 23.6 Å².